The van der Waals surface area contributed by atoms with Crippen molar-refractivity contribution in [3.63, 3.8) is 0 Å². The number of aliphatic carboxylic acids is 1. The van der Waals surface area contributed by atoms with Crippen LogP contribution < -0.4 is 0 Å². The van der Waals surface area contributed by atoms with E-state index in [1.807, 2.05) is 0 Å². The third kappa shape index (κ3) is 2.65. The van der Waals surface area contributed by atoms with Gasteiger partial charge in [-0.25, -0.2) is 18.6 Å². The lowest BCUT2D eigenvalue weighted by molar-refractivity contribution is -0.162. The van der Waals surface area contributed by atoms with Gasteiger partial charge in [0.2, 0.25) is 0 Å². The lowest BCUT2D eigenvalue weighted by Crippen LogP contribution is -2.60. The lowest BCUT2D eigenvalue weighted by Gasteiger charge is -2.46. The Morgan fingerprint density at radius 1 is 1.30 bits per heavy atom. The van der Waals surface area contributed by atoms with Gasteiger partial charge < -0.3 is 10.2 Å². The highest BCUT2D eigenvalue weighted by Gasteiger charge is 2.46. The number of aliphatic hydroxyl groups is 1. The first-order valence-electron chi connectivity index (χ1n) is 6.74. The van der Waals surface area contributed by atoms with Crippen LogP contribution in [0.25, 0.3) is 0 Å². The highest BCUT2D eigenvalue weighted by Crippen LogP contribution is 2.32. The third-order valence-electron chi connectivity index (χ3n) is 4.00. The molecule has 0 bridgehead atoms. The fraction of sp³-hybridized carbons (Fsp3) is 0.333. The summed E-state index contributed by atoms with van der Waals surface area (Å²) in [6.07, 6.45) is 0. The van der Waals surface area contributed by atoms with E-state index in [9.17, 15) is 23.5 Å². The normalized spacial score (nSPS) is 18.5. The van der Waals surface area contributed by atoms with E-state index < -0.39 is 40.4 Å². The van der Waals surface area contributed by atoms with Gasteiger partial charge in [-0.15, -0.1) is 0 Å². The van der Waals surface area contributed by atoms with Gasteiger partial charge in [0.25, 0.3) is 5.91 Å². The maximum atomic E-state index is 13.8. The van der Waals surface area contributed by atoms with Crippen LogP contribution in [0.2, 0.25) is 0 Å². The molecule has 1 aromatic carbocycles. The molecule has 8 heteroatoms. The summed E-state index contributed by atoms with van der Waals surface area (Å²) in [7, 11) is 1.45. The Hall–Kier alpha value is -2.48. The molecule has 1 aromatic rings. The Morgan fingerprint density at radius 2 is 1.91 bits per heavy atom. The predicted molar refractivity (Wildman–Crippen MR) is 76.0 cm³/mol. The van der Waals surface area contributed by atoms with Crippen LogP contribution in [-0.2, 0) is 16.1 Å². The summed E-state index contributed by atoms with van der Waals surface area (Å²) in [6, 6.07) is 3.53. The topological polar surface area (TPSA) is 81.1 Å². The zero-order chi connectivity index (χ0) is 17.5. The predicted octanol–water partition coefficient (Wildman–Crippen LogP) is 1.83. The summed E-state index contributed by atoms with van der Waals surface area (Å²) < 4.78 is 27.1. The molecule has 0 aliphatic carbocycles. The van der Waals surface area contributed by atoms with E-state index in [1.54, 1.807) is 0 Å². The van der Waals surface area contributed by atoms with E-state index >= 15 is 0 Å². The van der Waals surface area contributed by atoms with Crippen molar-refractivity contribution in [3.05, 3.63) is 46.7 Å². The van der Waals surface area contributed by atoms with Crippen molar-refractivity contribution in [1.82, 2.24) is 10.0 Å². The van der Waals surface area contributed by atoms with Crippen molar-refractivity contribution in [3.8, 4) is 0 Å². The molecule has 23 heavy (non-hydrogen) atoms. The van der Waals surface area contributed by atoms with Crippen LogP contribution >= 0.6 is 0 Å². The largest absolute Gasteiger partial charge is 0.509 e. The van der Waals surface area contributed by atoms with E-state index in [0.717, 1.165) is 11.1 Å². The van der Waals surface area contributed by atoms with Gasteiger partial charge in [0.1, 0.15) is 5.76 Å². The van der Waals surface area contributed by atoms with Crippen molar-refractivity contribution >= 4 is 11.9 Å². The van der Waals surface area contributed by atoms with Gasteiger partial charge in [0.15, 0.2) is 17.2 Å². The molecule has 0 saturated heterocycles. The quantitative estimate of drug-likeness (QED) is 0.828. The molecule has 0 saturated carbocycles. The first kappa shape index (κ1) is 16.9. The first-order chi connectivity index (χ1) is 10.6. The molecule has 0 radical (unpaired) electrons. The minimum atomic E-state index is -1.58. The molecule has 0 aromatic heterocycles. The number of benzene rings is 1. The lowest BCUT2D eigenvalue weighted by atomic mass is 9.94. The molecule has 2 N–H and O–H groups in total. The number of halogens is 2. The molecule has 124 valence electrons. The number of carboxylic acids is 1. The number of hydrogen-bond donors (Lipinski definition) is 2. The van der Waals surface area contributed by atoms with Crippen molar-refractivity contribution in [1.29, 1.82) is 0 Å². The summed E-state index contributed by atoms with van der Waals surface area (Å²) >= 11 is 0. The fourth-order valence-corrected chi connectivity index (χ4v) is 2.33. The van der Waals surface area contributed by atoms with Crippen LogP contribution in [0.4, 0.5) is 8.78 Å². The molecule has 0 unspecified atom stereocenters. The Balaban J connectivity index is 2.49. The molecular formula is C15H16F2N2O4. The van der Waals surface area contributed by atoms with Crippen LogP contribution in [0.1, 0.15) is 19.4 Å². The molecule has 0 spiro atoms. The first-order valence-corrected chi connectivity index (χ1v) is 6.74. The minimum absolute atomic E-state index is 0.105. The summed E-state index contributed by atoms with van der Waals surface area (Å²) in [5, 5.41) is 21.5. The number of amides is 1. The average Bonchev–Trinajstić information content (AvgIpc) is 2.46. The summed E-state index contributed by atoms with van der Waals surface area (Å²) in [5.74, 6) is -5.35. The van der Waals surface area contributed by atoms with Gasteiger partial charge in [-0.2, -0.15) is 0 Å². The SMILES string of the molecule is CN1N(Cc2cccc(F)c2F)C(=O)C(C(=O)O)=C(O)C1(C)C. The molecule has 1 amide bonds. The monoisotopic (exact) mass is 326 g/mol. The average molecular weight is 326 g/mol. The summed E-state index contributed by atoms with van der Waals surface area (Å²) in [4.78, 5) is 23.6. The maximum Gasteiger partial charge on any atom is 0.344 e. The second-order valence-corrected chi connectivity index (χ2v) is 5.69. The fourth-order valence-electron chi connectivity index (χ4n) is 2.33. The zero-order valence-electron chi connectivity index (χ0n) is 12.8. The zero-order valence-corrected chi connectivity index (χ0v) is 12.8. The number of carbonyl (C=O) groups excluding carboxylic acids is 1. The molecule has 6 nitrogen and oxygen atoms in total. The second kappa shape index (κ2) is 5.62. The summed E-state index contributed by atoms with van der Waals surface area (Å²) in [5.41, 5.74) is -2.09. The van der Waals surface area contributed by atoms with Crippen molar-refractivity contribution in [2.45, 2.75) is 25.9 Å². The van der Waals surface area contributed by atoms with Crippen LogP contribution in [0.5, 0.6) is 0 Å². The number of carboxylic acid groups (broad SMARTS) is 1. The number of likely N-dealkylation sites (N-methyl/N-ethyl adjacent to an activating group) is 1. The van der Waals surface area contributed by atoms with E-state index in [-0.39, 0.29) is 12.1 Å². The molecule has 1 heterocycles. The number of aliphatic hydroxyl groups excluding tert-OH is 1. The minimum Gasteiger partial charge on any atom is -0.509 e. The number of rotatable bonds is 3. The Morgan fingerprint density at radius 3 is 2.48 bits per heavy atom. The molecule has 1 aliphatic rings. The highest BCUT2D eigenvalue weighted by molar-refractivity contribution is 6.16. The van der Waals surface area contributed by atoms with Crippen molar-refractivity contribution < 1.29 is 28.6 Å². The van der Waals surface area contributed by atoms with Gasteiger partial charge in [0.05, 0.1) is 12.1 Å². The number of carbonyl (C=O) groups is 2. The Kier molecular flexibility index (Phi) is 4.12. The van der Waals surface area contributed by atoms with E-state index in [0.29, 0.717) is 0 Å². The highest BCUT2D eigenvalue weighted by atomic mass is 19.2. The molecular weight excluding hydrogens is 310 g/mol. The van der Waals surface area contributed by atoms with E-state index in [4.69, 9.17) is 5.11 Å². The second-order valence-electron chi connectivity index (χ2n) is 5.69. The van der Waals surface area contributed by atoms with Gasteiger partial charge in [-0.05, 0) is 19.9 Å². The smallest absolute Gasteiger partial charge is 0.344 e. The van der Waals surface area contributed by atoms with Crippen LogP contribution in [0.15, 0.2) is 29.5 Å². The van der Waals surface area contributed by atoms with Gasteiger partial charge in [-0.3, -0.25) is 9.80 Å². The van der Waals surface area contributed by atoms with Crippen molar-refractivity contribution in [2.24, 2.45) is 0 Å². The molecule has 0 atom stereocenters. The van der Waals surface area contributed by atoms with E-state index in [2.05, 4.69) is 0 Å². The Bertz CT molecular complexity index is 715. The van der Waals surface area contributed by atoms with Crippen LogP contribution in [0.3, 0.4) is 0 Å². The molecule has 2 rings (SSSR count). The van der Waals surface area contributed by atoms with Gasteiger partial charge in [0, 0.05) is 12.6 Å². The van der Waals surface area contributed by atoms with Gasteiger partial charge >= 0.3 is 5.97 Å². The standard InChI is InChI=1S/C15H16F2N2O4/c1-15(2)12(20)10(14(22)23)13(21)19(18(15)3)7-8-5-4-6-9(16)11(8)17/h4-6,20H,7H2,1-3H3,(H,22,23). The molecule has 0 fully saturated rings. The molecule has 1 aliphatic heterocycles. The maximum absolute atomic E-state index is 13.8. The number of hydrazine groups is 1. The third-order valence-corrected chi connectivity index (χ3v) is 4.00. The summed E-state index contributed by atoms with van der Waals surface area (Å²) in [6.45, 7) is 2.64. The van der Waals surface area contributed by atoms with Crippen LogP contribution in [-0.4, -0.2) is 44.7 Å². The van der Waals surface area contributed by atoms with Crippen LogP contribution in [0, 0.1) is 11.6 Å². The van der Waals surface area contributed by atoms with E-state index in [1.165, 1.54) is 38.0 Å². The number of nitrogens with zero attached hydrogens (tertiary/aromatic N) is 2. The number of hydrogen-bond acceptors (Lipinski definition) is 4. The Labute approximate surface area is 131 Å². The van der Waals surface area contributed by atoms with Crippen molar-refractivity contribution in [2.75, 3.05) is 7.05 Å². The van der Waals surface area contributed by atoms with Gasteiger partial charge in [-0.1, -0.05) is 12.1 Å².